The summed E-state index contributed by atoms with van der Waals surface area (Å²) in [6, 6.07) is 14.1. The number of rotatable bonds is 5. The van der Waals surface area contributed by atoms with Gasteiger partial charge in [0.05, 0.1) is 10.9 Å². The molecule has 0 aliphatic carbocycles. The van der Waals surface area contributed by atoms with E-state index in [4.69, 9.17) is 17.4 Å². The average Bonchev–Trinajstić information content (AvgIpc) is 2.46. The second-order valence-electron chi connectivity index (χ2n) is 4.86. The molecule has 1 atom stereocenters. The Morgan fingerprint density at radius 3 is 2.29 bits per heavy atom. The van der Waals surface area contributed by atoms with E-state index in [1.54, 1.807) is 24.3 Å². The van der Waals surface area contributed by atoms with E-state index in [1.807, 2.05) is 24.3 Å². The van der Waals surface area contributed by atoms with E-state index in [2.05, 4.69) is 5.43 Å². The molecular formula is C15H17ClN2O2S. The summed E-state index contributed by atoms with van der Waals surface area (Å²) in [5.74, 6) is 5.62. The molecule has 2 aromatic rings. The minimum absolute atomic E-state index is 0.140. The summed E-state index contributed by atoms with van der Waals surface area (Å²) in [5, 5.41) is 0.686. The highest BCUT2D eigenvalue weighted by Crippen LogP contribution is 2.24. The number of hydrogen-bond acceptors (Lipinski definition) is 4. The molecule has 0 aliphatic rings. The van der Waals surface area contributed by atoms with Gasteiger partial charge in [0.1, 0.15) is 0 Å². The predicted molar refractivity (Wildman–Crippen MR) is 84.8 cm³/mol. The second-order valence-corrected chi connectivity index (χ2v) is 7.28. The van der Waals surface area contributed by atoms with Crippen LogP contribution in [-0.4, -0.2) is 14.7 Å². The lowest BCUT2D eigenvalue weighted by atomic mass is 9.99. The van der Waals surface area contributed by atoms with Crippen molar-refractivity contribution >= 4 is 21.4 Å². The molecule has 112 valence electrons. The number of hydrazine groups is 1. The summed E-state index contributed by atoms with van der Waals surface area (Å²) in [6.45, 7) is 0. The van der Waals surface area contributed by atoms with Crippen LogP contribution in [-0.2, 0) is 16.3 Å². The summed E-state index contributed by atoms with van der Waals surface area (Å²) < 4.78 is 22.9. The molecule has 0 saturated heterocycles. The van der Waals surface area contributed by atoms with Crippen LogP contribution in [0.1, 0.15) is 17.2 Å². The molecule has 2 aromatic carbocycles. The van der Waals surface area contributed by atoms with Gasteiger partial charge in [0, 0.05) is 11.3 Å². The molecule has 1 unspecified atom stereocenters. The molecule has 0 spiro atoms. The fraction of sp³-hybridized carbons (Fsp3) is 0.200. The Bertz CT molecular complexity index is 715. The van der Waals surface area contributed by atoms with Crippen molar-refractivity contribution in [3.63, 3.8) is 0 Å². The SMILES string of the molecule is CS(=O)(=O)c1ccc(C(Cc2ccccc2Cl)NN)cc1. The van der Waals surface area contributed by atoms with Crippen LogP contribution in [0.4, 0.5) is 0 Å². The molecule has 0 radical (unpaired) electrons. The monoisotopic (exact) mass is 324 g/mol. The Balaban J connectivity index is 2.24. The highest BCUT2D eigenvalue weighted by Gasteiger charge is 2.14. The van der Waals surface area contributed by atoms with Gasteiger partial charge in [-0.1, -0.05) is 41.9 Å². The molecule has 21 heavy (non-hydrogen) atoms. The molecule has 3 N–H and O–H groups in total. The smallest absolute Gasteiger partial charge is 0.175 e. The number of nitrogens with two attached hydrogens (primary N) is 1. The maximum atomic E-state index is 11.5. The van der Waals surface area contributed by atoms with Gasteiger partial charge in [-0.2, -0.15) is 0 Å². The third-order valence-electron chi connectivity index (χ3n) is 3.29. The first-order chi connectivity index (χ1) is 9.91. The number of benzene rings is 2. The van der Waals surface area contributed by atoms with Crippen molar-refractivity contribution in [1.29, 1.82) is 0 Å². The lowest BCUT2D eigenvalue weighted by Gasteiger charge is -2.17. The van der Waals surface area contributed by atoms with Crippen LogP contribution < -0.4 is 11.3 Å². The van der Waals surface area contributed by atoms with Crippen LogP contribution in [0.15, 0.2) is 53.4 Å². The maximum absolute atomic E-state index is 11.5. The molecule has 0 aromatic heterocycles. The van der Waals surface area contributed by atoms with Crippen LogP contribution in [0.3, 0.4) is 0 Å². The van der Waals surface area contributed by atoms with Crippen molar-refractivity contribution in [1.82, 2.24) is 5.43 Å². The summed E-state index contributed by atoms with van der Waals surface area (Å²) in [7, 11) is -3.19. The topological polar surface area (TPSA) is 72.2 Å². The van der Waals surface area contributed by atoms with E-state index in [0.717, 1.165) is 11.1 Å². The summed E-state index contributed by atoms with van der Waals surface area (Å²) in [6.07, 6.45) is 1.80. The number of hydrogen-bond donors (Lipinski definition) is 2. The highest BCUT2D eigenvalue weighted by molar-refractivity contribution is 7.90. The third-order valence-corrected chi connectivity index (χ3v) is 4.79. The minimum atomic E-state index is -3.19. The summed E-state index contributed by atoms with van der Waals surface area (Å²) in [4.78, 5) is 0.291. The van der Waals surface area contributed by atoms with Gasteiger partial charge in [-0.25, -0.2) is 8.42 Å². The lowest BCUT2D eigenvalue weighted by Crippen LogP contribution is -2.29. The van der Waals surface area contributed by atoms with Crippen LogP contribution in [0.2, 0.25) is 5.02 Å². The standard InChI is InChI=1S/C15H17ClN2O2S/c1-21(19,20)13-8-6-11(7-9-13)15(18-17)10-12-4-2-3-5-14(12)16/h2-9,15,18H,10,17H2,1H3. The van der Waals surface area contributed by atoms with E-state index in [9.17, 15) is 8.42 Å². The van der Waals surface area contributed by atoms with Gasteiger partial charge in [0.15, 0.2) is 9.84 Å². The molecule has 0 bridgehead atoms. The van der Waals surface area contributed by atoms with E-state index >= 15 is 0 Å². The Labute approximate surface area is 129 Å². The predicted octanol–water partition coefficient (Wildman–Crippen LogP) is 2.49. The highest BCUT2D eigenvalue weighted by atomic mass is 35.5. The normalized spacial score (nSPS) is 13.1. The van der Waals surface area contributed by atoms with E-state index < -0.39 is 9.84 Å². The first-order valence-electron chi connectivity index (χ1n) is 6.41. The first-order valence-corrected chi connectivity index (χ1v) is 8.68. The average molecular weight is 325 g/mol. The fourth-order valence-electron chi connectivity index (χ4n) is 2.10. The van der Waals surface area contributed by atoms with Crippen LogP contribution in [0.25, 0.3) is 0 Å². The Kier molecular flexibility index (Phi) is 5.00. The molecular weight excluding hydrogens is 308 g/mol. The summed E-state index contributed by atoms with van der Waals surface area (Å²) in [5.41, 5.74) is 4.63. The maximum Gasteiger partial charge on any atom is 0.175 e. The van der Waals surface area contributed by atoms with E-state index in [-0.39, 0.29) is 6.04 Å². The lowest BCUT2D eigenvalue weighted by molar-refractivity contribution is 0.551. The van der Waals surface area contributed by atoms with Gasteiger partial charge in [-0.05, 0) is 35.7 Å². The van der Waals surface area contributed by atoms with Gasteiger partial charge in [0.25, 0.3) is 0 Å². The zero-order chi connectivity index (χ0) is 15.5. The molecule has 0 heterocycles. The van der Waals surface area contributed by atoms with Gasteiger partial charge < -0.3 is 0 Å². The fourth-order valence-corrected chi connectivity index (χ4v) is 2.95. The van der Waals surface area contributed by atoms with Gasteiger partial charge in [-0.3, -0.25) is 11.3 Å². The summed E-state index contributed by atoms with van der Waals surface area (Å²) >= 11 is 6.15. The molecule has 0 fully saturated rings. The van der Waals surface area contributed by atoms with Gasteiger partial charge in [-0.15, -0.1) is 0 Å². The molecule has 4 nitrogen and oxygen atoms in total. The van der Waals surface area contributed by atoms with Crippen molar-refractivity contribution in [3.05, 3.63) is 64.7 Å². The van der Waals surface area contributed by atoms with Crippen LogP contribution in [0, 0.1) is 0 Å². The molecule has 0 amide bonds. The zero-order valence-electron chi connectivity index (χ0n) is 11.6. The van der Waals surface area contributed by atoms with Crippen LogP contribution >= 0.6 is 11.6 Å². The molecule has 0 saturated carbocycles. The minimum Gasteiger partial charge on any atom is -0.271 e. The number of halogens is 1. The Morgan fingerprint density at radius 2 is 1.76 bits per heavy atom. The van der Waals surface area contributed by atoms with Crippen molar-refractivity contribution < 1.29 is 8.42 Å². The van der Waals surface area contributed by atoms with Crippen molar-refractivity contribution in [2.75, 3.05) is 6.26 Å². The first kappa shape index (κ1) is 16.0. The molecule has 2 rings (SSSR count). The van der Waals surface area contributed by atoms with Crippen molar-refractivity contribution in [3.8, 4) is 0 Å². The largest absolute Gasteiger partial charge is 0.271 e. The van der Waals surface area contributed by atoms with Gasteiger partial charge >= 0.3 is 0 Å². The second kappa shape index (κ2) is 6.58. The third kappa shape index (κ3) is 4.04. The van der Waals surface area contributed by atoms with Gasteiger partial charge in [0.2, 0.25) is 0 Å². The zero-order valence-corrected chi connectivity index (χ0v) is 13.2. The molecule has 6 heteroatoms. The number of sulfone groups is 1. The van der Waals surface area contributed by atoms with E-state index in [0.29, 0.717) is 16.3 Å². The van der Waals surface area contributed by atoms with Crippen molar-refractivity contribution in [2.45, 2.75) is 17.4 Å². The quantitative estimate of drug-likeness (QED) is 0.654. The van der Waals surface area contributed by atoms with Crippen LogP contribution in [0.5, 0.6) is 0 Å². The van der Waals surface area contributed by atoms with E-state index in [1.165, 1.54) is 6.26 Å². The Morgan fingerprint density at radius 1 is 1.14 bits per heavy atom. The Hall–Kier alpha value is -1.40. The van der Waals surface area contributed by atoms with Crippen molar-refractivity contribution in [2.24, 2.45) is 5.84 Å². The number of nitrogens with one attached hydrogen (secondary N) is 1. The molecule has 0 aliphatic heterocycles.